The van der Waals surface area contributed by atoms with Gasteiger partial charge in [0.1, 0.15) is 17.2 Å². The second-order valence-corrected chi connectivity index (χ2v) is 4.71. The average Bonchev–Trinajstić information content (AvgIpc) is 2.46. The van der Waals surface area contributed by atoms with Crippen LogP contribution < -0.4 is 9.47 Å². The first-order valence-corrected chi connectivity index (χ1v) is 6.32. The minimum atomic E-state index is -0.599. The van der Waals surface area contributed by atoms with Crippen molar-refractivity contribution in [3.05, 3.63) is 53.6 Å². The number of rotatable bonds is 2. The van der Waals surface area contributed by atoms with Gasteiger partial charge in [-0.15, -0.1) is 0 Å². The Morgan fingerprint density at radius 2 is 1.95 bits per heavy atom. The summed E-state index contributed by atoms with van der Waals surface area (Å²) in [7, 11) is 1.60. The number of Topliss-reactive ketones (excluding diaryl/α,β-unsaturated/α-hetero) is 1. The number of methoxy groups -OCH3 is 1. The molecule has 0 spiro atoms. The third-order valence-electron chi connectivity index (χ3n) is 3.36. The van der Waals surface area contributed by atoms with Crippen LogP contribution in [0, 0.1) is 0 Å². The summed E-state index contributed by atoms with van der Waals surface area (Å²) in [5.41, 5.74) is 1.52. The first kappa shape index (κ1) is 12.5. The second kappa shape index (κ2) is 4.89. The van der Waals surface area contributed by atoms with Crippen LogP contribution in [0.15, 0.2) is 42.5 Å². The van der Waals surface area contributed by atoms with E-state index in [0.717, 1.165) is 16.9 Å². The van der Waals surface area contributed by atoms with Crippen molar-refractivity contribution in [1.29, 1.82) is 0 Å². The number of fused-ring (bicyclic) bond motifs is 1. The fourth-order valence-corrected chi connectivity index (χ4v) is 2.32. The molecule has 1 atom stereocenters. The molecule has 0 fully saturated rings. The molecule has 0 saturated carbocycles. The fraction of sp³-hybridized carbons (Fsp3) is 0.188. The molecule has 0 aliphatic carbocycles. The van der Waals surface area contributed by atoms with Crippen molar-refractivity contribution in [1.82, 2.24) is 0 Å². The molecule has 102 valence electrons. The number of benzene rings is 2. The molecule has 4 heteroatoms. The van der Waals surface area contributed by atoms with Crippen molar-refractivity contribution in [2.45, 2.75) is 12.5 Å². The molecule has 1 heterocycles. The Balaban J connectivity index is 1.91. The molecule has 1 N–H and O–H groups in total. The molecule has 0 radical (unpaired) electrons. The summed E-state index contributed by atoms with van der Waals surface area (Å²) >= 11 is 0. The highest BCUT2D eigenvalue weighted by Gasteiger charge is 2.29. The zero-order valence-corrected chi connectivity index (χ0v) is 11.0. The van der Waals surface area contributed by atoms with Gasteiger partial charge >= 0.3 is 0 Å². The minimum Gasteiger partial charge on any atom is -0.508 e. The van der Waals surface area contributed by atoms with Gasteiger partial charge in [-0.25, -0.2) is 0 Å². The summed E-state index contributed by atoms with van der Waals surface area (Å²) in [5, 5.41) is 9.43. The van der Waals surface area contributed by atoms with Crippen LogP contribution in [-0.4, -0.2) is 18.0 Å². The maximum absolute atomic E-state index is 12.2. The highest BCUT2D eigenvalue weighted by molar-refractivity contribution is 5.88. The highest BCUT2D eigenvalue weighted by Crippen LogP contribution is 2.35. The van der Waals surface area contributed by atoms with Crippen molar-refractivity contribution in [2.75, 3.05) is 7.11 Å². The summed E-state index contributed by atoms with van der Waals surface area (Å²) in [6, 6.07) is 12.1. The van der Waals surface area contributed by atoms with Crippen molar-refractivity contribution in [3.63, 3.8) is 0 Å². The van der Waals surface area contributed by atoms with Gasteiger partial charge in [0.2, 0.25) is 0 Å². The Labute approximate surface area is 116 Å². The van der Waals surface area contributed by atoms with E-state index in [4.69, 9.17) is 9.47 Å². The zero-order chi connectivity index (χ0) is 14.1. The lowest BCUT2D eigenvalue weighted by Gasteiger charge is -2.25. The maximum atomic E-state index is 12.2. The number of phenolic OH excluding ortho intramolecular Hbond substituents is 1. The summed E-state index contributed by atoms with van der Waals surface area (Å²) in [6.07, 6.45) is -0.335. The number of hydrogen-bond acceptors (Lipinski definition) is 4. The number of hydrogen-bond donors (Lipinski definition) is 1. The molecule has 2 aromatic rings. The van der Waals surface area contributed by atoms with E-state index in [0.29, 0.717) is 5.75 Å². The summed E-state index contributed by atoms with van der Waals surface area (Å²) < 4.78 is 10.9. The van der Waals surface area contributed by atoms with E-state index in [-0.39, 0.29) is 18.0 Å². The van der Waals surface area contributed by atoms with E-state index in [1.54, 1.807) is 37.4 Å². The molecule has 4 nitrogen and oxygen atoms in total. The van der Waals surface area contributed by atoms with Gasteiger partial charge in [0.25, 0.3) is 0 Å². The Morgan fingerprint density at radius 3 is 2.65 bits per heavy atom. The van der Waals surface area contributed by atoms with Gasteiger partial charge in [0, 0.05) is 17.5 Å². The van der Waals surface area contributed by atoms with Gasteiger partial charge in [0.05, 0.1) is 7.11 Å². The Kier molecular flexibility index (Phi) is 3.06. The third kappa shape index (κ3) is 2.20. The molecule has 1 aliphatic rings. The fourth-order valence-electron chi connectivity index (χ4n) is 2.32. The first-order chi connectivity index (χ1) is 9.67. The highest BCUT2D eigenvalue weighted by atomic mass is 16.5. The molecule has 0 saturated heterocycles. The van der Waals surface area contributed by atoms with E-state index in [9.17, 15) is 9.90 Å². The van der Waals surface area contributed by atoms with Crippen LogP contribution in [-0.2, 0) is 11.2 Å². The smallest absolute Gasteiger partial charge is 0.182 e. The third-order valence-corrected chi connectivity index (χ3v) is 3.36. The standard InChI is InChI=1S/C16H14O4/c1-19-13-5-2-10(3-6-13)16-14(18)9-11-8-12(17)4-7-15(11)20-16/h2-8,16-17H,9H2,1H3. The first-order valence-electron chi connectivity index (χ1n) is 6.32. The summed E-state index contributed by atoms with van der Waals surface area (Å²) in [6.45, 7) is 0. The van der Waals surface area contributed by atoms with Crippen molar-refractivity contribution >= 4 is 5.78 Å². The van der Waals surface area contributed by atoms with Gasteiger partial charge in [-0.1, -0.05) is 12.1 Å². The van der Waals surface area contributed by atoms with Gasteiger partial charge in [-0.05, 0) is 30.3 Å². The molecule has 0 aromatic heterocycles. The Bertz CT molecular complexity index is 646. The van der Waals surface area contributed by atoms with Crippen molar-refractivity contribution in [2.24, 2.45) is 0 Å². The van der Waals surface area contributed by atoms with Crippen LogP contribution in [0.4, 0.5) is 0 Å². The van der Waals surface area contributed by atoms with Crippen LogP contribution in [0.5, 0.6) is 17.2 Å². The van der Waals surface area contributed by atoms with E-state index in [1.165, 1.54) is 0 Å². The van der Waals surface area contributed by atoms with E-state index in [2.05, 4.69) is 0 Å². The van der Waals surface area contributed by atoms with Crippen LogP contribution >= 0.6 is 0 Å². The minimum absolute atomic E-state index is 0.0201. The lowest BCUT2D eigenvalue weighted by atomic mass is 9.96. The lowest BCUT2D eigenvalue weighted by Crippen LogP contribution is -2.25. The SMILES string of the molecule is COc1ccc(C2Oc3ccc(O)cc3CC2=O)cc1. The number of phenols is 1. The second-order valence-electron chi connectivity index (χ2n) is 4.71. The molecule has 20 heavy (non-hydrogen) atoms. The number of carbonyl (C=O) groups excluding carboxylic acids is 1. The largest absolute Gasteiger partial charge is 0.508 e. The van der Waals surface area contributed by atoms with E-state index >= 15 is 0 Å². The monoisotopic (exact) mass is 270 g/mol. The van der Waals surface area contributed by atoms with Crippen LogP contribution in [0.1, 0.15) is 17.2 Å². The van der Waals surface area contributed by atoms with Crippen LogP contribution in [0.3, 0.4) is 0 Å². The van der Waals surface area contributed by atoms with Gasteiger partial charge in [-0.2, -0.15) is 0 Å². The topological polar surface area (TPSA) is 55.8 Å². The molecule has 3 rings (SSSR count). The summed E-state index contributed by atoms with van der Waals surface area (Å²) in [5.74, 6) is 1.50. The normalized spacial score (nSPS) is 17.2. The molecule has 2 aromatic carbocycles. The summed E-state index contributed by atoms with van der Waals surface area (Å²) in [4.78, 5) is 12.2. The number of carbonyl (C=O) groups is 1. The number of aromatic hydroxyl groups is 1. The Morgan fingerprint density at radius 1 is 1.20 bits per heavy atom. The average molecular weight is 270 g/mol. The lowest BCUT2D eigenvalue weighted by molar-refractivity contribution is -0.126. The predicted molar refractivity (Wildman–Crippen MR) is 73.2 cm³/mol. The Hall–Kier alpha value is -2.49. The molecule has 1 aliphatic heterocycles. The van der Waals surface area contributed by atoms with Crippen LogP contribution in [0.25, 0.3) is 0 Å². The maximum Gasteiger partial charge on any atom is 0.182 e. The van der Waals surface area contributed by atoms with Gasteiger partial charge in [0.15, 0.2) is 11.9 Å². The van der Waals surface area contributed by atoms with Gasteiger partial charge in [-0.3, -0.25) is 4.79 Å². The van der Waals surface area contributed by atoms with Crippen LogP contribution in [0.2, 0.25) is 0 Å². The van der Waals surface area contributed by atoms with E-state index in [1.807, 2.05) is 12.1 Å². The molecule has 0 bridgehead atoms. The molecular weight excluding hydrogens is 256 g/mol. The quantitative estimate of drug-likeness (QED) is 0.911. The molecule has 1 unspecified atom stereocenters. The predicted octanol–water partition coefficient (Wildman–Crippen LogP) is 2.65. The molecule has 0 amide bonds. The van der Waals surface area contributed by atoms with Crippen molar-refractivity contribution in [3.8, 4) is 17.2 Å². The number of ether oxygens (including phenoxy) is 2. The number of ketones is 1. The molecular formula is C16H14O4. The zero-order valence-electron chi connectivity index (χ0n) is 11.0. The van der Waals surface area contributed by atoms with E-state index < -0.39 is 6.10 Å². The van der Waals surface area contributed by atoms with Crippen molar-refractivity contribution < 1.29 is 19.4 Å². The van der Waals surface area contributed by atoms with Gasteiger partial charge < -0.3 is 14.6 Å².